The summed E-state index contributed by atoms with van der Waals surface area (Å²) < 4.78 is 25.0. The number of hydrogen-bond acceptors (Lipinski definition) is 7. The largest absolute Gasteiger partial charge is 0.382 e. The Hall–Kier alpha value is -2.16. The molecule has 0 spiro atoms. The smallest absolute Gasteiger partial charge is 0.182 e. The molecular weight excluding hydrogens is 280 g/mol. The summed E-state index contributed by atoms with van der Waals surface area (Å²) in [5, 5.41) is 7.16. The molecule has 2 heterocycles. The van der Waals surface area contributed by atoms with E-state index in [4.69, 9.17) is 5.73 Å². The van der Waals surface area contributed by atoms with Gasteiger partial charge in [0.2, 0.25) is 0 Å². The summed E-state index contributed by atoms with van der Waals surface area (Å²) in [4.78, 5) is 7.80. The molecule has 0 aromatic carbocycles. The Balaban J connectivity index is 2.59. The van der Waals surface area contributed by atoms with Gasteiger partial charge in [0, 0.05) is 25.1 Å². The molecule has 3 N–H and O–H groups in total. The Labute approximate surface area is 117 Å². The number of anilines is 2. The van der Waals surface area contributed by atoms with E-state index >= 15 is 0 Å². The highest BCUT2D eigenvalue weighted by molar-refractivity contribution is 7.91. The second-order valence-corrected chi connectivity index (χ2v) is 6.19. The lowest BCUT2D eigenvalue weighted by Gasteiger charge is -2.02. The number of nitrogens with zero attached hydrogens (tertiary/aromatic N) is 4. The van der Waals surface area contributed by atoms with Crippen molar-refractivity contribution in [3.63, 3.8) is 0 Å². The number of sulfone groups is 1. The molecule has 2 aromatic heterocycles. The summed E-state index contributed by atoms with van der Waals surface area (Å²) in [5.74, 6) is 0.683. The van der Waals surface area contributed by atoms with Crippen molar-refractivity contribution in [2.45, 2.75) is 18.2 Å². The molecule has 108 valence electrons. The number of hydrogen-bond donors (Lipinski definition) is 2. The zero-order chi connectivity index (χ0) is 14.8. The third-order valence-corrected chi connectivity index (χ3v) is 3.72. The van der Waals surface area contributed by atoms with Crippen LogP contribution in [-0.4, -0.2) is 41.0 Å². The van der Waals surface area contributed by atoms with Crippen LogP contribution in [-0.2, 0) is 9.84 Å². The van der Waals surface area contributed by atoms with Gasteiger partial charge < -0.3 is 11.1 Å². The molecule has 0 unspecified atom stereocenters. The molecule has 0 saturated heterocycles. The second kappa shape index (κ2) is 5.45. The van der Waals surface area contributed by atoms with Gasteiger partial charge >= 0.3 is 0 Å². The lowest BCUT2D eigenvalue weighted by Crippen LogP contribution is -2.07. The Morgan fingerprint density at radius 2 is 2.20 bits per heavy atom. The molecule has 8 nitrogen and oxygen atoms in total. The van der Waals surface area contributed by atoms with Crippen LogP contribution in [0.15, 0.2) is 23.5 Å². The summed E-state index contributed by atoms with van der Waals surface area (Å²) >= 11 is 0. The van der Waals surface area contributed by atoms with E-state index in [0.29, 0.717) is 12.4 Å². The second-order valence-electron chi connectivity index (χ2n) is 4.24. The first-order chi connectivity index (χ1) is 9.45. The molecule has 0 fully saturated rings. The lowest BCUT2D eigenvalue weighted by molar-refractivity contribution is 0.602. The van der Waals surface area contributed by atoms with Crippen molar-refractivity contribution < 1.29 is 8.42 Å². The zero-order valence-electron chi connectivity index (χ0n) is 11.2. The molecule has 2 aromatic rings. The van der Waals surface area contributed by atoms with Crippen molar-refractivity contribution in [1.29, 1.82) is 0 Å². The highest BCUT2D eigenvalue weighted by Gasteiger charge is 2.24. The van der Waals surface area contributed by atoms with Crippen LogP contribution in [0.2, 0.25) is 0 Å². The van der Waals surface area contributed by atoms with Crippen molar-refractivity contribution in [2.75, 3.05) is 23.9 Å². The van der Waals surface area contributed by atoms with Crippen LogP contribution in [0.3, 0.4) is 0 Å². The molecular formula is C11H16N6O2S. The topological polar surface area (TPSA) is 116 Å². The van der Waals surface area contributed by atoms with Crippen LogP contribution in [0.25, 0.3) is 5.82 Å². The minimum absolute atomic E-state index is 0.00966. The third kappa shape index (κ3) is 2.72. The molecule has 0 aliphatic rings. The minimum atomic E-state index is -3.50. The van der Waals surface area contributed by atoms with Gasteiger partial charge in [0.1, 0.15) is 12.1 Å². The molecule has 0 atom stereocenters. The maximum absolute atomic E-state index is 11.9. The standard InChI is InChI=1S/C11H16N6O2S/c1-3-5-14-11-9(20(2,18)19)10(12)17(16-11)8-4-6-13-7-15-8/h4,6-7H,3,5,12H2,1-2H3,(H,14,16). The quantitative estimate of drug-likeness (QED) is 0.823. The maximum atomic E-state index is 11.9. The summed E-state index contributed by atoms with van der Waals surface area (Å²) in [6, 6.07) is 1.60. The molecule has 20 heavy (non-hydrogen) atoms. The first-order valence-corrected chi connectivity index (χ1v) is 7.93. The summed E-state index contributed by atoms with van der Waals surface area (Å²) in [6.07, 6.45) is 4.81. The molecule has 0 radical (unpaired) electrons. The van der Waals surface area contributed by atoms with Crippen LogP contribution >= 0.6 is 0 Å². The normalized spacial score (nSPS) is 11.5. The predicted octanol–water partition coefficient (Wildman–Crippen LogP) is 0.470. The predicted molar refractivity (Wildman–Crippen MR) is 75.5 cm³/mol. The van der Waals surface area contributed by atoms with E-state index in [-0.39, 0.29) is 16.5 Å². The maximum Gasteiger partial charge on any atom is 0.182 e. The van der Waals surface area contributed by atoms with Gasteiger partial charge in [0.15, 0.2) is 26.4 Å². The van der Waals surface area contributed by atoms with Crippen molar-refractivity contribution in [3.8, 4) is 5.82 Å². The Kier molecular flexibility index (Phi) is 3.89. The highest BCUT2D eigenvalue weighted by atomic mass is 32.2. The Morgan fingerprint density at radius 1 is 1.45 bits per heavy atom. The van der Waals surface area contributed by atoms with Gasteiger partial charge in [-0.1, -0.05) is 6.92 Å². The Bertz CT molecular complexity index is 695. The molecule has 0 aliphatic carbocycles. The van der Waals surface area contributed by atoms with Gasteiger partial charge in [0.05, 0.1) is 0 Å². The fourth-order valence-electron chi connectivity index (χ4n) is 1.73. The van der Waals surface area contributed by atoms with Crippen LogP contribution in [0, 0.1) is 0 Å². The highest BCUT2D eigenvalue weighted by Crippen LogP contribution is 2.28. The monoisotopic (exact) mass is 296 g/mol. The van der Waals surface area contributed by atoms with Crippen LogP contribution < -0.4 is 11.1 Å². The average Bonchev–Trinajstić information content (AvgIpc) is 2.74. The minimum Gasteiger partial charge on any atom is -0.382 e. The Morgan fingerprint density at radius 3 is 2.75 bits per heavy atom. The first-order valence-electron chi connectivity index (χ1n) is 6.04. The van der Waals surface area contributed by atoms with Crippen LogP contribution in [0.4, 0.5) is 11.6 Å². The zero-order valence-corrected chi connectivity index (χ0v) is 12.1. The van der Waals surface area contributed by atoms with Crippen LogP contribution in [0.5, 0.6) is 0 Å². The fourth-order valence-corrected chi connectivity index (χ4v) is 2.66. The SMILES string of the molecule is CCCNc1nn(-c2ccncn2)c(N)c1S(C)(=O)=O. The number of nitrogens with one attached hydrogen (secondary N) is 1. The van der Waals surface area contributed by atoms with E-state index in [1.807, 2.05) is 6.92 Å². The average molecular weight is 296 g/mol. The molecule has 0 amide bonds. The number of nitrogen functional groups attached to an aromatic ring is 1. The van der Waals surface area contributed by atoms with Crippen molar-refractivity contribution in [3.05, 3.63) is 18.6 Å². The van der Waals surface area contributed by atoms with E-state index < -0.39 is 9.84 Å². The van der Waals surface area contributed by atoms with Crippen molar-refractivity contribution >= 4 is 21.5 Å². The number of nitrogens with two attached hydrogens (primary N) is 1. The van der Waals surface area contributed by atoms with Gasteiger partial charge in [-0.2, -0.15) is 4.68 Å². The molecule has 0 aliphatic heterocycles. The van der Waals surface area contributed by atoms with Gasteiger partial charge in [0.25, 0.3) is 0 Å². The van der Waals surface area contributed by atoms with E-state index in [9.17, 15) is 8.42 Å². The van der Waals surface area contributed by atoms with Gasteiger partial charge in [-0.15, -0.1) is 5.10 Å². The number of rotatable bonds is 5. The van der Waals surface area contributed by atoms with Gasteiger partial charge in [-0.3, -0.25) is 0 Å². The first kappa shape index (κ1) is 14.3. The van der Waals surface area contributed by atoms with Gasteiger partial charge in [-0.05, 0) is 6.42 Å². The summed E-state index contributed by atoms with van der Waals surface area (Å²) in [5.41, 5.74) is 5.91. The van der Waals surface area contributed by atoms with E-state index in [0.717, 1.165) is 12.7 Å². The van der Waals surface area contributed by atoms with Gasteiger partial charge in [-0.25, -0.2) is 18.4 Å². The van der Waals surface area contributed by atoms with E-state index in [1.54, 1.807) is 6.07 Å². The molecule has 0 bridgehead atoms. The summed E-state index contributed by atoms with van der Waals surface area (Å²) in [6.45, 7) is 2.57. The number of aromatic nitrogens is 4. The molecule has 2 rings (SSSR count). The lowest BCUT2D eigenvalue weighted by atomic mass is 10.4. The van der Waals surface area contributed by atoms with Crippen LogP contribution in [0.1, 0.15) is 13.3 Å². The molecule has 9 heteroatoms. The van der Waals surface area contributed by atoms with E-state index in [2.05, 4.69) is 20.4 Å². The summed E-state index contributed by atoms with van der Waals surface area (Å²) in [7, 11) is -3.50. The van der Waals surface area contributed by atoms with E-state index in [1.165, 1.54) is 17.2 Å². The van der Waals surface area contributed by atoms with Crippen molar-refractivity contribution in [2.24, 2.45) is 0 Å². The molecule has 0 saturated carbocycles. The van der Waals surface area contributed by atoms with Crippen molar-refractivity contribution in [1.82, 2.24) is 19.7 Å². The fraction of sp³-hybridized carbons (Fsp3) is 0.364. The third-order valence-electron chi connectivity index (χ3n) is 2.57.